The lowest BCUT2D eigenvalue weighted by atomic mass is 10.1. The third-order valence-electron chi connectivity index (χ3n) is 2.79. The van der Waals surface area contributed by atoms with E-state index in [1.807, 2.05) is 0 Å². The number of hydrogen-bond donors (Lipinski definition) is 2. The fourth-order valence-electron chi connectivity index (χ4n) is 1.88. The van der Waals surface area contributed by atoms with Gasteiger partial charge in [-0.3, -0.25) is 5.41 Å². The van der Waals surface area contributed by atoms with Crippen LogP contribution >= 0.6 is 0 Å². The second-order valence-corrected chi connectivity index (χ2v) is 4.75. The molecule has 0 atom stereocenters. The standard InChI is InChI=1S/C13H18F3N3/c1-8(2)19(7-13(14,15)16)11-5-4-10(12(17)18)6-9(11)3/h4-6,8H,7H2,1-3H3,(H3,17,18). The number of benzene rings is 1. The van der Waals surface area contributed by atoms with Crippen molar-refractivity contribution in [2.45, 2.75) is 33.0 Å². The van der Waals surface area contributed by atoms with E-state index in [9.17, 15) is 13.2 Å². The largest absolute Gasteiger partial charge is 0.405 e. The van der Waals surface area contributed by atoms with E-state index in [1.54, 1.807) is 39.0 Å². The summed E-state index contributed by atoms with van der Waals surface area (Å²) in [6, 6.07) is 4.50. The molecule has 0 unspecified atom stereocenters. The third-order valence-corrected chi connectivity index (χ3v) is 2.79. The lowest BCUT2D eigenvalue weighted by Crippen LogP contribution is -2.39. The second-order valence-electron chi connectivity index (χ2n) is 4.75. The lowest BCUT2D eigenvalue weighted by molar-refractivity contribution is -0.120. The lowest BCUT2D eigenvalue weighted by Gasteiger charge is -2.31. The average Bonchev–Trinajstić information content (AvgIpc) is 2.24. The Balaban J connectivity index is 3.14. The first-order valence-corrected chi connectivity index (χ1v) is 5.90. The fraction of sp³-hybridized carbons (Fsp3) is 0.462. The number of aryl methyl sites for hydroxylation is 1. The molecule has 19 heavy (non-hydrogen) atoms. The quantitative estimate of drug-likeness (QED) is 0.654. The van der Waals surface area contributed by atoms with E-state index < -0.39 is 12.7 Å². The monoisotopic (exact) mass is 273 g/mol. The minimum absolute atomic E-state index is 0.0958. The molecule has 1 aromatic rings. The number of halogens is 3. The molecule has 106 valence electrons. The molecule has 0 aliphatic carbocycles. The Morgan fingerprint density at radius 3 is 2.32 bits per heavy atom. The highest BCUT2D eigenvalue weighted by molar-refractivity contribution is 5.95. The van der Waals surface area contributed by atoms with Gasteiger partial charge in [-0.25, -0.2) is 0 Å². The minimum atomic E-state index is -4.25. The normalized spacial score (nSPS) is 11.7. The Morgan fingerprint density at radius 2 is 1.95 bits per heavy atom. The summed E-state index contributed by atoms with van der Waals surface area (Å²) in [5, 5.41) is 7.32. The Labute approximate surface area is 110 Å². The topological polar surface area (TPSA) is 53.1 Å². The van der Waals surface area contributed by atoms with Gasteiger partial charge in [-0.05, 0) is 44.5 Å². The molecule has 1 aromatic carbocycles. The van der Waals surface area contributed by atoms with Gasteiger partial charge in [-0.1, -0.05) is 0 Å². The van der Waals surface area contributed by atoms with Crippen LogP contribution in [0.1, 0.15) is 25.0 Å². The fourth-order valence-corrected chi connectivity index (χ4v) is 1.88. The van der Waals surface area contributed by atoms with Crippen molar-refractivity contribution in [3.8, 4) is 0 Å². The first-order valence-electron chi connectivity index (χ1n) is 5.90. The van der Waals surface area contributed by atoms with Crippen molar-refractivity contribution >= 4 is 11.5 Å². The molecule has 0 heterocycles. The number of nitrogens with zero attached hydrogens (tertiary/aromatic N) is 1. The molecule has 0 aromatic heterocycles. The SMILES string of the molecule is Cc1cc(C(=N)N)ccc1N(CC(F)(F)F)C(C)C. The van der Waals surface area contributed by atoms with Crippen molar-refractivity contribution in [1.29, 1.82) is 5.41 Å². The molecular formula is C13H18F3N3. The zero-order chi connectivity index (χ0) is 14.8. The van der Waals surface area contributed by atoms with Crippen LogP contribution in [0.5, 0.6) is 0 Å². The van der Waals surface area contributed by atoms with Crippen LogP contribution in [0.4, 0.5) is 18.9 Å². The second kappa shape index (κ2) is 5.50. The predicted molar refractivity (Wildman–Crippen MR) is 70.7 cm³/mol. The summed E-state index contributed by atoms with van der Waals surface area (Å²) in [6.07, 6.45) is -4.25. The highest BCUT2D eigenvalue weighted by Gasteiger charge is 2.32. The maximum Gasteiger partial charge on any atom is 0.405 e. The maximum absolute atomic E-state index is 12.6. The molecule has 0 aliphatic rings. The number of anilines is 1. The van der Waals surface area contributed by atoms with Gasteiger partial charge in [0.05, 0.1) is 0 Å². The minimum Gasteiger partial charge on any atom is -0.384 e. The van der Waals surface area contributed by atoms with Crippen LogP contribution < -0.4 is 10.6 Å². The smallest absolute Gasteiger partial charge is 0.384 e. The Hall–Kier alpha value is -1.72. The molecule has 0 amide bonds. The van der Waals surface area contributed by atoms with Crippen molar-refractivity contribution in [3.63, 3.8) is 0 Å². The molecule has 0 saturated carbocycles. The van der Waals surface area contributed by atoms with E-state index in [-0.39, 0.29) is 11.9 Å². The Morgan fingerprint density at radius 1 is 1.37 bits per heavy atom. The molecule has 0 saturated heterocycles. The zero-order valence-electron chi connectivity index (χ0n) is 11.2. The van der Waals surface area contributed by atoms with Gasteiger partial charge in [0.15, 0.2) is 0 Å². The van der Waals surface area contributed by atoms with Crippen LogP contribution in [0.2, 0.25) is 0 Å². The van der Waals surface area contributed by atoms with Crippen molar-refractivity contribution in [1.82, 2.24) is 0 Å². The van der Waals surface area contributed by atoms with Gasteiger partial charge in [0.1, 0.15) is 12.4 Å². The summed E-state index contributed by atoms with van der Waals surface area (Å²) in [6.45, 7) is 4.15. The molecule has 3 N–H and O–H groups in total. The predicted octanol–water partition coefficient (Wildman–Crippen LogP) is 3.06. The molecular weight excluding hydrogens is 255 g/mol. The van der Waals surface area contributed by atoms with Gasteiger partial charge in [0, 0.05) is 17.3 Å². The number of amidine groups is 1. The Kier molecular flexibility index (Phi) is 4.44. The molecule has 0 spiro atoms. The van der Waals surface area contributed by atoms with Crippen molar-refractivity contribution in [2.24, 2.45) is 5.73 Å². The van der Waals surface area contributed by atoms with Crippen LogP contribution in [-0.2, 0) is 0 Å². The van der Waals surface area contributed by atoms with Crippen LogP contribution in [-0.4, -0.2) is 24.6 Å². The first kappa shape index (κ1) is 15.3. The zero-order valence-corrected chi connectivity index (χ0v) is 11.2. The Bertz CT molecular complexity index is 467. The van der Waals surface area contributed by atoms with Crippen LogP contribution in [0.15, 0.2) is 18.2 Å². The van der Waals surface area contributed by atoms with Gasteiger partial charge < -0.3 is 10.6 Å². The van der Waals surface area contributed by atoms with Gasteiger partial charge in [-0.2, -0.15) is 13.2 Å². The number of hydrogen-bond acceptors (Lipinski definition) is 2. The molecule has 0 fully saturated rings. The molecule has 6 heteroatoms. The van der Waals surface area contributed by atoms with Crippen LogP contribution in [0, 0.1) is 12.3 Å². The molecule has 0 bridgehead atoms. The van der Waals surface area contributed by atoms with Gasteiger partial charge in [-0.15, -0.1) is 0 Å². The summed E-state index contributed by atoms with van der Waals surface area (Å²) in [7, 11) is 0. The molecule has 0 radical (unpaired) electrons. The summed E-state index contributed by atoms with van der Waals surface area (Å²) < 4.78 is 37.8. The van der Waals surface area contributed by atoms with E-state index >= 15 is 0 Å². The van der Waals surface area contributed by atoms with E-state index in [2.05, 4.69) is 0 Å². The van der Waals surface area contributed by atoms with Crippen LogP contribution in [0.25, 0.3) is 0 Å². The van der Waals surface area contributed by atoms with Gasteiger partial charge in [0.25, 0.3) is 0 Å². The first-order chi connectivity index (χ1) is 8.61. The summed E-state index contributed by atoms with van der Waals surface area (Å²) in [5.41, 5.74) is 7.05. The highest BCUT2D eigenvalue weighted by Crippen LogP contribution is 2.27. The third kappa shape index (κ3) is 4.15. The van der Waals surface area contributed by atoms with Crippen molar-refractivity contribution in [3.05, 3.63) is 29.3 Å². The number of rotatable bonds is 4. The average molecular weight is 273 g/mol. The van der Waals surface area contributed by atoms with Crippen molar-refractivity contribution in [2.75, 3.05) is 11.4 Å². The van der Waals surface area contributed by atoms with E-state index in [4.69, 9.17) is 11.1 Å². The molecule has 3 nitrogen and oxygen atoms in total. The van der Waals surface area contributed by atoms with Crippen molar-refractivity contribution < 1.29 is 13.2 Å². The number of nitrogen functional groups attached to an aromatic ring is 1. The van der Waals surface area contributed by atoms with Crippen LogP contribution in [0.3, 0.4) is 0 Å². The molecule has 0 aliphatic heterocycles. The number of nitrogens with two attached hydrogens (primary N) is 1. The van der Waals surface area contributed by atoms with E-state index in [0.29, 0.717) is 16.8 Å². The highest BCUT2D eigenvalue weighted by atomic mass is 19.4. The number of nitrogens with one attached hydrogen (secondary N) is 1. The van der Waals surface area contributed by atoms with Gasteiger partial charge >= 0.3 is 6.18 Å². The van der Waals surface area contributed by atoms with Gasteiger partial charge in [0.2, 0.25) is 0 Å². The summed E-state index contributed by atoms with van der Waals surface area (Å²) in [4.78, 5) is 1.29. The maximum atomic E-state index is 12.6. The molecule has 1 rings (SSSR count). The van der Waals surface area contributed by atoms with E-state index in [0.717, 1.165) is 0 Å². The van der Waals surface area contributed by atoms with E-state index in [1.165, 1.54) is 4.90 Å². The number of alkyl halides is 3. The summed E-state index contributed by atoms with van der Waals surface area (Å²) in [5.74, 6) is -0.0958. The summed E-state index contributed by atoms with van der Waals surface area (Å²) >= 11 is 0.